The van der Waals surface area contributed by atoms with Gasteiger partial charge in [-0.05, 0) is 25.0 Å². The van der Waals surface area contributed by atoms with E-state index in [0.29, 0.717) is 12.4 Å². The third-order valence-electron chi connectivity index (χ3n) is 4.28. The fourth-order valence-corrected chi connectivity index (χ4v) is 2.96. The van der Waals surface area contributed by atoms with E-state index in [9.17, 15) is 0 Å². The summed E-state index contributed by atoms with van der Waals surface area (Å²) in [5.41, 5.74) is 2.41. The van der Waals surface area contributed by atoms with E-state index in [0.717, 1.165) is 24.6 Å². The van der Waals surface area contributed by atoms with Crippen molar-refractivity contribution < 1.29 is 4.52 Å². The van der Waals surface area contributed by atoms with Gasteiger partial charge < -0.3 is 14.7 Å². The summed E-state index contributed by atoms with van der Waals surface area (Å²) >= 11 is 0. The maximum atomic E-state index is 5.32. The Hall–Kier alpha value is -2.04. The molecule has 5 heteroatoms. The minimum atomic E-state index is 0.289. The first kappa shape index (κ1) is 15.8. The zero-order valence-corrected chi connectivity index (χ0v) is 14.1. The van der Waals surface area contributed by atoms with Gasteiger partial charge in [-0.1, -0.05) is 44.0 Å². The van der Waals surface area contributed by atoms with Crippen LogP contribution in [0, 0.1) is 0 Å². The molecule has 0 aliphatic carbocycles. The Bertz CT molecular complexity index is 615. The van der Waals surface area contributed by atoms with Crippen LogP contribution in [0.4, 0.5) is 11.4 Å². The van der Waals surface area contributed by atoms with Crippen LogP contribution in [0.2, 0.25) is 0 Å². The van der Waals surface area contributed by atoms with Crippen molar-refractivity contribution >= 4 is 11.4 Å². The lowest BCUT2D eigenvalue weighted by atomic mass is 10.2. The normalized spacial score (nSPS) is 15.7. The molecule has 5 nitrogen and oxygen atoms in total. The van der Waals surface area contributed by atoms with E-state index in [-0.39, 0.29) is 5.92 Å². The Balaban J connectivity index is 1.69. The molecule has 1 aliphatic rings. The molecule has 1 N–H and O–H groups in total. The summed E-state index contributed by atoms with van der Waals surface area (Å²) in [6.07, 6.45) is 5.23. The average Bonchev–Trinajstić information content (AvgIpc) is 2.88. The molecular weight excluding hydrogens is 288 g/mol. The van der Waals surface area contributed by atoms with Gasteiger partial charge in [0.05, 0.1) is 17.9 Å². The first-order chi connectivity index (χ1) is 11.2. The standard InChI is InChI=1S/C18H26N4O/c1-14(2)18-20-17(23-21-18)13-19-15-9-5-6-10-16(15)22-11-7-3-4-8-12-22/h5-6,9-10,14,19H,3-4,7-8,11-13H2,1-2H3. The minimum absolute atomic E-state index is 0.289. The molecule has 1 saturated heterocycles. The number of rotatable bonds is 5. The van der Waals surface area contributed by atoms with Gasteiger partial charge in [0.1, 0.15) is 0 Å². The van der Waals surface area contributed by atoms with Gasteiger partial charge in [0.2, 0.25) is 5.89 Å². The number of benzene rings is 1. The van der Waals surface area contributed by atoms with Gasteiger partial charge >= 0.3 is 0 Å². The van der Waals surface area contributed by atoms with Gasteiger partial charge in [0.25, 0.3) is 0 Å². The van der Waals surface area contributed by atoms with Crippen LogP contribution in [0.3, 0.4) is 0 Å². The molecule has 0 radical (unpaired) electrons. The topological polar surface area (TPSA) is 54.2 Å². The monoisotopic (exact) mass is 314 g/mol. The maximum Gasteiger partial charge on any atom is 0.245 e. The lowest BCUT2D eigenvalue weighted by Gasteiger charge is -2.25. The van der Waals surface area contributed by atoms with Crippen LogP contribution in [-0.4, -0.2) is 23.2 Å². The summed E-state index contributed by atoms with van der Waals surface area (Å²) in [6, 6.07) is 8.49. The van der Waals surface area contributed by atoms with Crippen molar-refractivity contribution in [1.82, 2.24) is 10.1 Å². The quantitative estimate of drug-likeness (QED) is 0.897. The predicted octanol–water partition coefficient (Wildman–Crippen LogP) is 4.19. The number of nitrogens with one attached hydrogen (secondary N) is 1. The average molecular weight is 314 g/mol. The Morgan fingerprint density at radius 2 is 1.87 bits per heavy atom. The molecule has 1 aromatic carbocycles. The number of hydrogen-bond acceptors (Lipinski definition) is 5. The highest BCUT2D eigenvalue weighted by Gasteiger charge is 2.14. The predicted molar refractivity (Wildman–Crippen MR) is 92.8 cm³/mol. The lowest BCUT2D eigenvalue weighted by molar-refractivity contribution is 0.376. The second-order valence-corrected chi connectivity index (χ2v) is 6.47. The Morgan fingerprint density at radius 1 is 1.13 bits per heavy atom. The summed E-state index contributed by atoms with van der Waals surface area (Å²) < 4.78 is 5.32. The molecule has 1 fully saturated rings. The van der Waals surface area contributed by atoms with Crippen molar-refractivity contribution in [3.63, 3.8) is 0 Å². The van der Waals surface area contributed by atoms with Crippen LogP contribution in [-0.2, 0) is 6.54 Å². The highest BCUT2D eigenvalue weighted by atomic mass is 16.5. The van der Waals surface area contributed by atoms with Gasteiger partial charge in [-0.15, -0.1) is 0 Å². The molecule has 3 rings (SSSR count). The van der Waals surface area contributed by atoms with E-state index in [4.69, 9.17) is 4.52 Å². The van der Waals surface area contributed by atoms with Gasteiger partial charge in [0, 0.05) is 19.0 Å². The SMILES string of the molecule is CC(C)c1noc(CNc2ccccc2N2CCCCCC2)n1. The number of aromatic nitrogens is 2. The number of para-hydroxylation sites is 2. The molecule has 124 valence electrons. The Kier molecular flexibility index (Phi) is 5.16. The molecule has 1 aromatic heterocycles. The van der Waals surface area contributed by atoms with E-state index < -0.39 is 0 Å². The van der Waals surface area contributed by atoms with Crippen molar-refractivity contribution in [2.45, 2.75) is 52.0 Å². The van der Waals surface area contributed by atoms with Gasteiger partial charge in [-0.25, -0.2) is 0 Å². The van der Waals surface area contributed by atoms with Crippen LogP contribution in [0.15, 0.2) is 28.8 Å². The van der Waals surface area contributed by atoms with Crippen LogP contribution in [0.5, 0.6) is 0 Å². The van der Waals surface area contributed by atoms with Crippen LogP contribution < -0.4 is 10.2 Å². The Morgan fingerprint density at radius 3 is 2.57 bits per heavy atom. The van der Waals surface area contributed by atoms with Crippen LogP contribution >= 0.6 is 0 Å². The molecule has 0 unspecified atom stereocenters. The molecule has 2 heterocycles. The summed E-state index contributed by atoms with van der Waals surface area (Å²) in [5.74, 6) is 1.69. The van der Waals surface area contributed by atoms with Crippen molar-refractivity contribution in [3.05, 3.63) is 36.0 Å². The highest BCUT2D eigenvalue weighted by molar-refractivity contribution is 5.70. The molecule has 0 saturated carbocycles. The van der Waals surface area contributed by atoms with Gasteiger partial charge in [-0.3, -0.25) is 0 Å². The molecule has 0 bridgehead atoms. The Labute approximate surface area is 138 Å². The lowest BCUT2D eigenvalue weighted by Crippen LogP contribution is -2.24. The van der Waals surface area contributed by atoms with Crippen LogP contribution in [0.1, 0.15) is 57.2 Å². The van der Waals surface area contributed by atoms with E-state index in [1.807, 2.05) is 0 Å². The van der Waals surface area contributed by atoms with Crippen molar-refractivity contribution in [2.75, 3.05) is 23.3 Å². The molecule has 0 atom stereocenters. The first-order valence-corrected chi connectivity index (χ1v) is 8.64. The maximum absolute atomic E-state index is 5.32. The van der Waals surface area contributed by atoms with Crippen molar-refractivity contribution in [3.8, 4) is 0 Å². The largest absolute Gasteiger partial charge is 0.374 e. The van der Waals surface area contributed by atoms with E-state index in [1.165, 1.54) is 31.4 Å². The number of hydrogen-bond donors (Lipinski definition) is 1. The van der Waals surface area contributed by atoms with Gasteiger partial charge in [-0.2, -0.15) is 4.98 Å². The summed E-state index contributed by atoms with van der Waals surface area (Å²) in [4.78, 5) is 6.92. The molecule has 0 spiro atoms. The zero-order valence-electron chi connectivity index (χ0n) is 14.1. The number of anilines is 2. The summed E-state index contributed by atoms with van der Waals surface area (Å²) in [7, 11) is 0. The van der Waals surface area contributed by atoms with Gasteiger partial charge in [0.15, 0.2) is 5.82 Å². The summed E-state index contributed by atoms with van der Waals surface area (Å²) in [6.45, 7) is 6.96. The van der Waals surface area contributed by atoms with Crippen molar-refractivity contribution in [1.29, 1.82) is 0 Å². The fraction of sp³-hybridized carbons (Fsp3) is 0.556. The highest BCUT2D eigenvalue weighted by Crippen LogP contribution is 2.28. The summed E-state index contributed by atoms with van der Waals surface area (Å²) in [5, 5.41) is 7.48. The fourth-order valence-electron chi connectivity index (χ4n) is 2.96. The molecule has 0 amide bonds. The van der Waals surface area contributed by atoms with E-state index in [2.05, 4.69) is 58.5 Å². The minimum Gasteiger partial charge on any atom is -0.374 e. The third kappa shape index (κ3) is 4.03. The second kappa shape index (κ2) is 7.49. The molecule has 23 heavy (non-hydrogen) atoms. The smallest absolute Gasteiger partial charge is 0.245 e. The number of nitrogens with zero attached hydrogens (tertiary/aromatic N) is 3. The van der Waals surface area contributed by atoms with E-state index in [1.54, 1.807) is 0 Å². The van der Waals surface area contributed by atoms with Crippen molar-refractivity contribution in [2.24, 2.45) is 0 Å². The first-order valence-electron chi connectivity index (χ1n) is 8.64. The second-order valence-electron chi connectivity index (χ2n) is 6.47. The van der Waals surface area contributed by atoms with E-state index >= 15 is 0 Å². The zero-order chi connectivity index (χ0) is 16.1. The molecular formula is C18H26N4O. The molecule has 2 aromatic rings. The van der Waals surface area contributed by atoms with Crippen LogP contribution in [0.25, 0.3) is 0 Å². The molecule has 1 aliphatic heterocycles. The third-order valence-corrected chi connectivity index (χ3v) is 4.28.